The summed E-state index contributed by atoms with van der Waals surface area (Å²) >= 11 is 0. The van der Waals surface area contributed by atoms with Gasteiger partial charge in [-0.15, -0.1) is 0 Å². The molecule has 0 aliphatic carbocycles. The van der Waals surface area contributed by atoms with Gasteiger partial charge in [-0.05, 0) is 44.0 Å². The molecule has 0 aliphatic rings. The van der Waals surface area contributed by atoms with Gasteiger partial charge in [-0.1, -0.05) is 25.1 Å². The van der Waals surface area contributed by atoms with Crippen LogP contribution < -0.4 is 10.6 Å². The predicted molar refractivity (Wildman–Crippen MR) is 82.7 cm³/mol. The van der Waals surface area contributed by atoms with Crippen LogP contribution in [0.3, 0.4) is 0 Å². The van der Waals surface area contributed by atoms with Crippen molar-refractivity contribution in [3.63, 3.8) is 0 Å². The number of pyridine rings is 1. The fourth-order valence-corrected chi connectivity index (χ4v) is 2.28. The number of hydrogen-bond acceptors (Lipinski definition) is 3. The molecule has 1 aromatic heterocycles. The number of hydrogen-bond donors (Lipinski definition) is 1. The Hall–Kier alpha value is -1.61. The summed E-state index contributed by atoms with van der Waals surface area (Å²) in [4.78, 5) is 7.09. The van der Waals surface area contributed by atoms with Crippen molar-refractivity contribution in [2.45, 2.75) is 32.7 Å². The van der Waals surface area contributed by atoms with E-state index < -0.39 is 0 Å². The van der Waals surface area contributed by atoms with E-state index in [9.17, 15) is 0 Å². The Labute approximate surface area is 115 Å². The first-order chi connectivity index (χ1) is 9.17. The molecule has 0 radical (unpaired) electrons. The van der Waals surface area contributed by atoms with E-state index >= 15 is 0 Å². The van der Waals surface area contributed by atoms with Crippen LogP contribution in [-0.4, -0.2) is 24.6 Å². The molecule has 0 saturated heterocycles. The number of rotatable bonds is 5. The highest BCUT2D eigenvalue weighted by Crippen LogP contribution is 2.25. The van der Waals surface area contributed by atoms with Crippen LogP contribution in [0.2, 0.25) is 0 Å². The van der Waals surface area contributed by atoms with Crippen molar-refractivity contribution in [1.82, 2.24) is 4.98 Å². The zero-order chi connectivity index (χ0) is 13.8. The van der Waals surface area contributed by atoms with Gasteiger partial charge in [0.25, 0.3) is 0 Å². The molecule has 102 valence electrons. The van der Waals surface area contributed by atoms with Gasteiger partial charge in [0, 0.05) is 18.5 Å². The number of benzene rings is 1. The maximum absolute atomic E-state index is 5.74. The number of anilines is 1. The number of nitrogens with two attached hydrogens (primary N) is 1. The van der Waals surface area contributed by atoms with Crippen molar-refractivity contribution in [3.8, 4) is 0 Å². The van der Waals surface area contributed by atoms with Crippen LogP contribution in [-0.2, 0) is 6.42 Å². The third-order valence-electron chi connectivity index (χ3n) is 3.78. The monoisotopic (exact) mass is 257 g/mol. The lowest BCUT2D eigenvalue weighted by Crippen LogP contribution is -2.30. The Morgan fingerprint density at radius 3 is 2.74 bits per heavy atom. The zero-order valence-corrected chi connectivity index (χ0v) is 12.1. The topological polar surface area (TPSA) is 42.2 Å². The highest BCUT2D eigenvalue weighted by molar-refractivity contribution is 5.81. The molecular formula is C16H23N3. The Morgan fingerprint density at radius 2 is 2.05 bits per heavy atom. The summed E-state index contributed by atoms with van der Waals surface area (Å²) in [6, 6.07) is 11.0. The van der Waals surface area contributed by atoms with Crippen molar-refractivity contribution in [1.29, 1.82) is 0 Å². The number of fused-ring (bicyclic) bond motifs is 1. The van der Waals surface area contributed by atoms with Crippen LogP contribution >= 0.6 is 0 Å². The lowest BCUT2D eigenvalue weighted by Gasteiger charge is -2.27. The van der Waals surface area contributed by atoms with Gasteiger partial charge in [-0.2, -0.15) is 0 Å². The predicted octanol–water partition coefficient (Wildman–Crippen LogP) is 2.97. The summed E-state index contributed by atoms with van der Waals surface area (Å²) in [5.74, 6) is 1.07. The first-order valence-electron chi connectivity index (χ1n) is 6.99. The Morgan fingerprint density at radius 1 is 1.32 bits per heavy atom. The van der Waals surface area contributed by atoms with E-state index in [-0.39, 0.29) is 0 Å². The highest BCUT2D eigenvalue weighted by atomic mass is 15.2. The summed E-state index contributed by atoms with van der Waals surface area (Å²) in [5.41, 5.74) is 8.03. The largest absolute Gasteiger partial charge is 0.357 e. The van der Waals surface area contributed by atoms with Gasteiger partial charge >= 0.3 is 0 Å². The van der Waals surface area contributed by atoms with Crippen molar-refractivity contribution < 1.29 is 0 Å². The molecule has 2 N–H and O–H groups in total. The molecule has 0 amide bonds. The van der Waals surface area contributed by atoms with E-state index in [1.807, 2.05) is 12.1 Å². The molecule has 19 heavy (non-hydrogen) atoms. The summed E-state index contributed by atoms with van der Waals surface area (Å²) in [6.45, 7) is 5.08. The average Bonchev–Trinajstić information content (AvgIpc) is 2.45. The van der Waals surface area contributed by atoms with E-state index in [1.165, 1.54) is 10.9 Å². The molecule has 3 heteroatoms. The second-order valence-corrected chi connectivity index (χ2v) is 5.07. The molecule has 0 spiro atoms. The third-order valence-corrected chi connectivity index (χ3v) is 3.78. The SMILES string of the molecule is CCC(C)N(C)c1nc2ccccc2cc1CCN. The Kier molecular flexibility index (Phi) is 4.38. The van der Waals surface area contributed by atoms with Gasteiger partial charge in [-0.25, -0.2) is 4.98 Å². The molecule has 3 nitrogen and oxygen atoms in total. The van der Waals surface area contributed by atoms with Gasteiger partial charge in [0.15, 0.2) is 0 Å². The molecule has 1 heterocycles. The molecule has 1 atom stereocenters. The van der Waals surface area contributed by atoms with Crippen LogP contribution in [0.5, 0.6) is 0 Å². The van der Waals surface area contributed by atoms with E-state index in [0.29, 0.717) is 12.6 Å². The number of para-hydroxylation sites is 1. The molecule has 0 aliphatic heterocycles. The summed E-state index contributed by atoms with van der Waals surface area (Å²) in [7, 11) is 2.12. The Balaban J connectivity index is 2.52. The van der Waals surface area contributed by atoms with Crippen molar-refractivity contribution in [2.75, 3.05) is 18.5 Å². The summed E-state index contributed by atoms with van der Waals surface area (Å²) in [6.07, 6.45) is 1.97. The maximum Gasteiger partial charge on any atom is 0.132 e. The normalized spacial score (nSPS) is 12.6. The maximum atomic E-state index is 5.74. The van der Waals surface area contributed by atoms with Gasteiger partial charge in [0.1, 0.15) is 5.82 Å². The molecule has 0 fully saturated rings. The second-order valence-electron chi connectivity index (χ2n) is 5.07. The fourth-order valence-electron chi connectivity index (χ4n) is 2.28. The van der Waals surface area contributed by atoms with Crippen LogP contribution in [0.25, 0.3) is 10.9 Å². The van der Waals surface area contributed by atoms with Gasteiger partial charge in [0.2, 0.25) is 0 Å². The average molecular weight is 257 g/mol. The first kappa shape index (κ1) is 13.8. The van der Waals surface area contributed by atoms with Crippen LogP contribution in [0.4, 0.5) is 5.82 Å². The van der Waals surface area contributed by atoms with Crippen LogP contribution in [0, 0.1) is 0 Å². The lowest BCUT2D eigenvalue weighted by molar-refractivity contribution is 0.654. The zero-order valence-electron chi connectivity index (χ0n) is 12.1. The van der Waals surface area contributed by atoms with Crippen molar-refractivity contribution in [2.24, 2.45) is 5.73 Å². The molecule has 2 rings (SSSR count). The number of aromatic nitrogens is 1. The minimum Gasteiger partial charge on any atom is -0.357 e. The smallest absolute Gasteiger partial charge is 0.132 e. The third kappa shape index (κ3) is 2.87. The van der Waals surface area contributed by atoms with Crippen molar-refractivity contribution in [3.05, 3.63) is 35.9 Å². The number of nitrogens with zero attached hydrogens (tertiary/aromatic N) is 2. The van der Waals surface area contributed by atoms with Gasteiger partial charge in [0.05, 0.1) is 5.52 Å². The van der Waals surface area contributed by atoms with Crippen LogP contribution in [0.1, 0.15) is 25.8 Å². The van der Waals surface area contributed by atoms with Crippen LogP contribution in [0.15, 0.2) is 30.3 Å². The first-order valence-corrected chi connectivity index (χ1v) is 6.99. The van der Waals surface area contributed by atoms with Crippen molar-refractivity contribution >= 4 is 16.7 Å². The van der Waals surface area contributed by atoms with Gasteiger partial charge in [-0.3, -0.25) is 0 Å². The minimum atomic E-state index is 0.477. The molecular weight excluding hydrogens is 234 g/mol. The summed E-state index contributed by atoms with van der Waals surface area (Å²) < 4.78 is 0. The Bertz CT molecular complexity index is 551. The second kappa shape index (κ2) is 6.02. The summed E-state index contributed by atoms with van der Waals surface area (Å²) in [5, 5.41) is 1.19. The van der Waals surface area contributed by atoms with E-state index in [1.54, 1.807) is 0 Å². The molecule has 1 aromatic carbocycles. The van der Waals surface area contributed by atoms with E-state index in [4.69, 9.17) is 10.7 Å². The standard InChI is InChI=1S/C16H23N3/c1-4-12(2)19(3)16-14(9-10-17)11-13-7-5-6-8-15(13)18-16/h5-8,11-12H,4,9-10,17H2,1-3H3. The van der Waals surface area contributed by atoms with E-state index in [0.717, 1.165) is 24.2 Å². The molecule has 2 aromatic rings. The van der Waals surface area contributed by atoms with E-state index in [2.05, 4.69) is 44.0 Å². The minimum absolute atomic E-state index is 0.477. The fraction of sp³-hybridized carbons (Fsp3) is 0.438. The molecule has 0 bridgehead atoms. The molecule has 1 unspecified atom stereocenters. The quantitative estimate of drug-likeness (QED) is 0.895. The highest BCUT2D eigenvalue weighted by Gasteiger charge is 2.14. The lowest BCUT2D eigenvalue weighted by atomic mass is 10.1. The van der Waals surface area contributed by atoms with Gasteiger partial charge < -0.3 is 10.6 Å². The molecule has 0 saturated carbocycles.